The van der Waals surface area contributed by atoms with Gasteiger partial charge in [0.25, 0.3) is 10.0 Å². The van der Waals surface area contributed by atoms with E-state index in [0.29, 0.717) is 39.5 Å². The maximum atomic E-state index is 14.8. The van der Waals surface area contributed by atoms with Crippen LogP contribution in [0.5, 0.6) is 11.5 Å². The molecule has 5 aromatic rings. The van der Waals surface area contributed by atoms with Crippen molar-refractivity contribution in [2.45, 2.75) is 44.4 Å². The predicted molar refractivity (Wildman–Crippen MR) is 165 cm³/mol. The van der Waals surface area contributed by atoms with Gasteiger partial charge in [-0.15, -0.1) is 0 Å². The molecule has 2 heterocycles. The average molecular weight is 638 g/mol. The maximum absolute atomic E-state index is 14.8. The van der Waals surface area contributed by atoms with Gasteiger partial charge in [0.05, 0.1) is 16.3 Å². The van der Waals surface area contributed by atoms with Crippen molar-refractivity contribution >= 4 is 36.8 Å². The Morgan fingerprint density at radius 3 is 2.30 bits per heavy atom. The van der Waals surface area contributed by atoms with E-state index in [2.05, 4.69) is 9.71 Å². The molecule has 0 spiro atoms. The first-order valence-corrected chi connectivity index (χ1v) is 17.1. The predicted octanol–water partition coefficient (Wildman–Crippen LogP) is 7.27. The maximum Gasteiger partial charge on any atom is 0.269 e. The van der Waals surface area contributed by atoms with Crippen molar-refractivity contribution in [2.75, 3.05) is 10.5 Å². The highest BCUT2D eigenvalue weighted by Gasteiger charge is 2.30. The van der Waals surface area contributed by atoms with Crippen LogP contribution in [0, 0.1) is 25.5 Å². The Morgan fingerprint density at radius 2 is 1.64 bits per heavy atom. The lowest BCUT2D eigenvalue weighted by atomic mass is 9.97. The number of fused-ring (bicyclic) bond motifs is 1. The van der Waals surface area contributed by atoms with Crippen molar-refractivity contribution in [1.29, 1.82) is 0 Å². The van der Waals surface area contributed by atoms with Gasteiger partial charge in [0, 0.05) is 28.9 Å². The number of sulfonamides is 1. The van der Waals surface area contributed by atoms with Gasteiger partial charge in [0.15, 0.2) is 17.2 Å². The highest BCUT2D eigenvalue weighted by Crippen LogP contribution is 2.49. The van der Waals surface area contributed by atoms with E-state index in [1.165, 1.54) is 31.3 Å². The summed E-state index contributed by atoms with van der Waals surface area (Å²) >= 11 is 0. The molecule has 6 rings (SSSR count). The SMILES string of the molecule is CCS(=O)(=O)Nc1cc(-c2cc(C)nc3c2ccn3S(=O)(=O)c2ccc(C)cc2)c(Oc2ccc(F)cc2F)cc1C1CC1. The third-order valence-electron chi connectivity index (χ3n) is 7.55. The molecule has 1 fully saturated rings. The highest BCUT2D eigenvalue weighted by molar-refractivity contribution is 7.92. The van der Waals surface area contributed by atoms with Gasteiger partial charge in [0.1, 0.15) is 11.6 Å². The highest BCUT2D eigenvalue weighted by atomic mass is 32.2. The van der Waals surface area contributed by atoms with Gasteiger partial charge < -0.3 is 4.74 Å². The van der Waals surface area contributed by atoms with Crippen LogP contribution in [0.15, 0.2) is 77.8 Å². The number of ether oxygens (including phenoxy) is 1. The van der Waals surface area contributed by atoms with Gasteiger partial charge in [-0.25, -0.2) is 34.6 Å². The van der Waals surface area contributed by atoms with Crippen LogP contribution in [0.3, 0.4) is 0 Å². The second-order valence-electron chi connectivity index (χ2n) is 10.9. The van der Waals surface area contributed by atoms with Crippen molar-refractivity contribution in [3.05, 3.63) is 101 Å². The lowest BCUT2D eigenvalue weighted by Crippen LogP contribution is -2.16. The molecule has 44 heavy (non-hydrogen) atoms. The normalized spacial score (nSPS) is 13.8. The van der Waals surface area contributed by atoms with Crippen LogP contribution in [-0.2, 0) is 20.0 Å². The minimum Gasteiger partial charge on any atom is -0.454 e. The summed E-state index contributed by atoms with van der Waals surface area (Å²) in [6.45, 7) is 5.10. The minimum atomic E-state index is -4.02. The van der Waals surface area contributed by atoms with E-state index >= 15 is 0 Å². The Bertz CT molecular complexity index is 2140. The lowest BCUT2D eigenvalue weighted by molar-refractivity contribution is 0.438. The molecule has 0 radical (unpaired) electrons. The molecule has 1 N–H and O–H groups in total. The topological polar surface area (TPSA) is 107 Å². The Labute approximate surface area is 254 Å². The van der Waals surface area contributed by atoms with Crippen LogP contribution in [0.2, 0.25) is 0 Å². The fourth-order valence-corrected chi connectivity index (χ4v) is 7.03. The van der Waals surface area contributed by atoms with Gasteiger partial charge in [-0.05, 0) is 99.2 Å². The number of anilines is 1. The van der Waals surface area contributed by atoms with Gasteiger partial charge >= 0.3 is 0 Å². The molecule has 0 unspecified atom stereocenters. The van der Waals surface area contributed by atoms with Crippen LogP contribution in [0.4, 0.5) is 14.5 Å². The number of hydrogen-bond acceptors (Lipinski definition) is 6. The summed E-state index contributed by atoms with van der Waals surface area (Å²) in [5.74, 6) is -1.79. The smallest absolute Gasteiger partial charge is 0.269 e. The Balaban J connectivity index is 1.59. The third-order valence-corrected chi connectivity index (χ3v) is 10.5. The monoisotopic (exact) mass is 637 g/mol. The van der Waals surface area contributed by atoms with E-state index in [0.717, 1.165) is 28.4 Å². The third kappa shape index (κ3) is 5.67. The number of hydrogen-bond donors (Lipinski definition) is 1. The summed E-state index contributed by atoms with van der Waals surface area (Å²) in [6, 6.07) is 16.1. The molecule has 1 aliphatic carbocycles. The molecule has 0 aliphatic heterocycles. The van der Waals surface area contributed by atoms with Crippen LogP contribution >= 0.6 is 0 Å². The summed E-state index contributed by atoms with van der Waals surface area (Å²) < 4.78 is 91.0. The molecule has 0 saturated heterocycles. The lowest BCUT2D eigenvalue weighted by Gasteiger charge is -2.19. The molecule has 12 heteroatoms. The number of nitrogens with one attached hydrogen (secondary N) is 1. The molecule has 0 amide bonds. The molecule has 1 aliphatic rings. The van der Waals surface area contributed by atoms with E-state index in [1.54, 1.807) is 43.3 Å². The summed E-state index contributed by atoms with van der Waals surface area (Å²) in [7, 11) is -7.69. The molecular formula is C32H29F2N3O5S2. The molecule has 2 aromatic heterocycles. The van der Waals surface area contributed by atoms with Gasteiger partial charge in [-0.1, -0.05) is 17.7 Å². The van der Waals surface area contributed by atoms with Crippen LogP contribution in [0.1, 0.15) is 42.5 Å². The molecular weight excluding hydrogens is 608 g/mol. The quantitative estimate of drug-likeness (QED) is 0.182. The zero-order chi connectivity index (χ0) is 31.4. The Kier molecular flexibility index (Phi) is 7.45. The fourth-order valence-electron chi connectivity index (χ4n) is 5.08. The first-order valence-electron chi connectivity index (χ1n) is 14.0. The zero-order valence-corrected chi connectivity index (χ0v) is 25.8. The summed E-state index contributed by atoms with van der Waals surface area (Å²) in [5.41, 5.74) is 3.44. The van der Waals surface area contributed by atoms with Gasteiger partial charge in [-0.3, -0.25) is 4.72 Å². The number of nitrogens with zero attached hydrogens (tertiary/aromatic N) is 2. The first kappa shape index (κ1) is 29.8. The van der Waals surface area contributed by atoms with Crippen molar-refractivity contribution in [2.24, 2.45) is 0 Å². The minimum absolute atomic E-state index is 0.0685. The van der Waals surface area contributed by atoms with Crippen molar-refractivity contribution in [3.63, 3.8) is 0 Å². The van der Waals surface area contributed by atoms with Crippen molar-refractivity contribution < 1.29 is 30.4 Å². The molecule has 8 nitrogen and oxygen atoms in total. The Morgan fingerprint density at radius 1 is 0.909 bits per heavy atom. The molecule has 3 aromatic carbocycles. The number of aryl methyl sites for hydroxylation is 2. The van der Waals surface area contributed by atoms with Crippen LogP contribution in [-0.4, -0.2) is 31.5 Å². The molecule has 228 valence electrons. The van der Waals surface area contributed by atoms with E-state index in [-0.39, 0.29) is 33.7 Å². The van der Waals surface area contributed by atoms with Crippen molar-refractivity contribution in [1.82, 2.24) is 8.96 Å². The van der Waals surface area contributed by atoms with E-state index < -0.39 is 31.7 Å². The number of rotatable bonds is 9. The van der Waals surface area contributed by atoms with Crippen molar-refractivity contribution in [3.8, 4) is 22.6 Å². The van der Waals surface area contributed by atoms with E-state index in [4.69, 9.17) is 4.74 Å². The first-order chi connectivity index (χ1) is 20.9. The van der Waals surface area contributed by atoms with Gasteiger partial charge in [-0.2, -0.15) is 0 Å². The van der Waals surface area contributed by atoms with Gasteiger partial charge in [0.2, 0.25) is 10.0 Å². The summed E-state index contributed by atoms with van der Waals surface area (Å²) in [5, 5.41) is 0.444. The number of pyridine rings is 1. The second kappa shape index (κ2) is 11.0. The molecule has 0 bridgehead atoms. The van der Waals surface area contributed by atoms with Crippen LogP contribution < -0.4 is 9.46 Å². The number of aromatic nitrogens is 2. The summed E-state index contributed by atoms with van der Waals surface area (Å²) in [4.78, 5) is 4.64. The largest absolute Gasteiger partial charge is 0.454 e. The zero-order valence-electron chi connectivity index (χ0n) is 24.1. The number of benzene rings is 3. The van der Waals surface area contributed by atoms with E-state index in [1.807, 2.05) is 6.92 Å². The van der Waals surface area contributed by atoms with Crippen LogP contribution in [0.25, 0.3) is 22.2 Å². The molecule has 0 atom stereocenters. The standard InChI is InChI=1S/C32H29F2N3O5S2/c1-4-43(38,39)36-29-17-27(31(18-25(29)21-7-8-21)42-30-12-9-22(33)16-28(30)34)26-15-20(3)35-32-24(26)13-14-37(32)44(40,41)23-10-5-19(2)6-11-23/h5-6,9-18,21,36H,4,7-8H2,1-3H3. The number of halogens is 2. The fraction of sp³-hybridized carbons (Fsp3) is 0.219. The average Bonchev–Trinajstić information content (AvgIpc) is 3.72. The molecule has 1 saturated carbocycles. The summed E-state index contributed by atoms with van der Waals surface area (Å²) in [6.07, 6.45) is 3.08. The Hall–Kier alpha value is -4.29. The second-order valence-corrected chi connectivity index (χ2v) is 14.7. The van der Waals surface area contributed by atoms with E-state index in [9.17, 15) is 25.6 Å².